The third-order valence-corrected chi connectivity index (χ3v) is 3.32. The molecule has 0 spiro atoms. The number of aromatic nitrogens is 1. The third kappa shape index (κ3) is 1.90. The summed E-state index contributed by atoms with van der Waals surface area (Å²) < 4.78 is 0. The van der Waals surface area contributed by atoms with Crippen LogP contribution in [0.1, 0.15) is 24.0 Å². The van der Waals surface area contributed by atoms with Gasteiger partial charge in [0.05, 0.1) is 0 Å². The topological polar surface area (TPSA) is 62.4 Å². The quantitative estimate of drug-likeness (QED) is 0.739. The highest BCUT2D eigenvalue weighted by Crippen LogP contribution is 2.35. The lowest BCUT2D eigenvalue weighted by Gasteiger charge is -2.38. The average Bonchev–Trinajstić information content (AvgIpc) is 2.16. The molecule has 1 aromatic rings. The zero-order chi connectivity index (χ0) is 11.8. The summed E-state index contributed by atoms with van der Waals surface area (Å²) in [6, 6.07) is 1.90. The number of β-amino-alcohol motifs (C(OH)–C–C–N with tert-alkyl or cyclic N) is 1. The van der Waals surface area contributed by atoms with Crippen LogP contribution in [0.25, 0.3) is 0 Å². The predicted molar refractivity (Wildman–Crippen MR) is 64.0 cm³/mol. The molecule has 1 aliphatic heterocycles. The van der Waals surface area contributed by atoms with Crippen molar-refractivity contribution in [2.45, 2.75) is 25.4 Å². The molecule has 1 atom stereocenters. The molecule has 0 aromatic carbocycles. The van der Waals surface area contributed by atoms with Crippen LogP contribution in [0.3, 0.4) is 0 Å². The molecule has 0 aliphatic carbocycles. The molecule has 1 aromatic heterocycles. The number of rotatable bonds is 1. The van der Waals surface area contributed by atoms with Crippen molar-refractivity contribution in [2.75, 3.05) is 25.9 Å². The van der Waals surface area contributed by atoms with Crippen LogP contribution in [-0.4, -0.2) is 35.1 Å². The summed E-state index contributed by atoms with van der Waals surface area (Å²) in [4.78, 5) is 6.22. The minimum Gasteiger partial charge on any atom is -0.384 e. The van der Waals surface area contributed by atoms with Crippen molar-refractivity contribution < 1.29 is 5.11 Å². The number of pyridine rings is 1. The molecule has 0 radical (unpaired) electrons. The van der Waals surface area contributed by atoms with E-state index in [1.54, 1.807) is 6.20 Å². The molecule has 4 heteroatoms. The van der Waals surface area contributed by atoms with E-state index in [1.165, 1.54) is 0 Å². The van der Waals surface area contributed by atoms with E-state index in [1.807, 2.05) is 20.0 Å². The summed E-state index contributed by atoms with van der Waals surface area (Å²) in [6.45, 7) is 3.63. The first-order valence-corrected chi connectivity index (χ1v) is 5.65. The van der Waals surface area contributed by atoms with Crippen LogP contribution in [-0.2, 0) is 5.60 Å². The number of aliphatic hydroxyl groups is 1. The largest absolute Gasteiger partial charge is 0.384 e. The fourth-order valence-electron chi connectivity index (χ4n) is 2.63. The Balaban J connectivity index is 2.42. The van der Waals surface area contributed by atoms with Gasteiger partial charge in [0, 0.05) is 18.3 Å². The van der Waals surface area contributed by atoms with Crippen LogP contribution in [0, 0.1) is 6.92 Å². The van der Waals surface area contributed by atoms with Gasteiger partial charge in [-0.3, -0.25) is 0 Å². The van der Waals surface area contributed by atoms with Gasteiger partial charge in [-0.1, -0.05) is 0 Å². The lowest BCUT2D eigenvalue weighted by Crippen LogP contribution is -2.45. The molecule has 16 heavy (non-hydrogen) atoms. The van der Waals surface area contributed by atoms with Crippen LogP contribution in [0.4, 0.5) is 5.82 Å². The highest BCUT2D eigenvalue weighted by Gasteiger charge is 2.36. The third-order valence-electron chi connectivity index (χ3n) is 3.32. The molecular formula is C12H19N3O. The molecular weight excluding hydrogens is 202 g/mol. The number of likely N-dealkylation sites (tertiary alicyclic amines) is 1. The SMILES string of the molecule is Cc1ccnc(N)c1C1(O)CCCN(C)C1. The fraction of sp³-hybridized carbons (Fsp3) is 0.583. The van der Waals surface area contributed by atoms with E-state index < -0.39 is 5.60 Å². The Labute approximate surface area is 96.1 Å². The van der Waals surface area contributed by atoms with E-state index in [4.69, 9.17) is 5.73 Å². The first-order chi connectivity index (χ1) is 7.53. The number of nitrogens with zero attached hydrogens (tertiary/aromatic N) is 2. The Kier molecular flexibility index (Phi) is 2.86. The summed E-state index contributed by atoms with van der Waals surface area (Å²) in [5.41, 5.74) is 6.88. The number of hydrogen-bond donors (Lipinski definition) is 2. The maximum absolute atomic E-state index is 10.7. The lowest BCUT2D eigenvalue weighted by atomic mass is 9.84. The van der Waals surface area contributed by atoms with E-state index in [9.17, 15) is 5.11 Å². The molecule has 3 N–H and O–H groups in total. The molecule has 1 unspecified atom stereocenters. The van der Waals surface area contributed by atoms with Gasteiger partial charge in [-0.2, -0.15) is 0 Å². The number of anilines is 1. The van der Waals surface area contributed by atoms with Crippen LogP contribution >= 0.6 is 0 Å². The summed E-state index contributed by atoms with van der Waals surface area (Å²) >= 11 is 0. The second-order valence-corrected chi connectivity index (χ2v) is 4.76. The van der Waals surface area contributed by atoms with Crippen molar-refractivity contribution in [3.8, 4) is 0 Å². The summed E-state index contributed by atoms with van der Waals surface area (Å²) in [7, 11) is 2.02. The van der Waals surface area contributed by atoms with Gasteiger partial charge in [0.2, 0.25) is 0 Å². The number of nitrogen functional groups attached to an aromatic ring is 1. The van der Waals surface area contributed by atoms with Crippen molar-refractivity contribution in [1.29, 1.82) is 0 Å². The highest BCUT2D eigenvalue weighted by molar-refractivity contribution is 5.48. The van der Waals surface area contributed by atoms with Gasteiger partial charge in [0.1, 0.15) is 11.4 Å². The van der Waals surface area contributed by atoms with Gasteiger partial charge >= 0.3 is 0 Å². The first-order valence-electron chi connectivity index (χ1n) is 5.65. The number of hydrogen-bond acceptors (Lipinski definition) is 4. The van der Waals surface area contributed by atoms with E-state index in [0.29, 0.717) is 12.4 Å². The highest BCUT2D eigenvalue weighted by atomic mass is 16.3. The zero-order valence-corrected chi connectivity index (χ0v) is 9.90. The minimum absolute atomic E-state index is 0.456. The molecule has 2 heterocycles. The zero-order valence-electron chi connectivity index (χ0n) is 9.90. The maximum atomic E-state index is 10.7. The van der Waals surface area contributed by atoms with Crippen LogP contribution in [0.5, 0.6) is 0 Å². The summed E-state index contributed by atoms with van der Waals surface area (Å²) in [6.07, 6.45) is 3.43. The van der Waals surface area contributed by atoms with E-state index >= 15 is 0 Å². The standard InChI is InChI=1S/C12H19N3O/c1-9-4-6-14-11(13)10(9)12(16)5-3-7-15(2)8-12/h4,6,16H,3,5,7-8H2,1-2H3,(H2,13,14). The Bertz CT molecular complexity index is 374. The van der Waals surface area contributed by atoms with Gasteiger partial charge in [0.15, 0.2) is 0 Å². The van der Waals surface area contributed by atoms with Crippen molar-refractivity contribution in [2.24, 2.45) is 0 Å². The Morgan fingerprint density at radius 2 is 2.31 bits per heavy atom. The molecule has 0 bridgehead atoms. The molecule has 1 fully saturated rings. The van der Waals surface area contributed by atoms with Gasteiger partial charge in [0.25, 0.3) is 0 Å². The molecule has 0 amide bonds. The van der Waals surface area contributed by atoms with E-state index in [-0.39, 0.29) is 0 Å². The Morgan fingerprint density at radius 3 is 2.94 bits per heavy atom. The summed E-state index contributed by atoms with van der Waals surface area (Å²) in [5.74, 6) is 0.456. The van der Waals surface area contributed by atoms with Crippen molar-refractivity contribution >= 4 is 5.82 Å². The molecule has 2 rings (SSSR count). The molecule has 4 nitrogen and oxygen atoms in total. The molecule has 1 aliphatic rings. The van der Waals surface area contributed by atoms with Gasteiger partial charge in [-0.25, -0.2) is 4.98 Å². The first kappa shape index (κ1) is 11.4. The number of nitrogens with two attached hydrogens (primary N) is 1. The van der Waals surface area contributed by atoms with Crippen molar-refractivity contribution in [3.63, 3.8) is 0 Å². The number of likely N-dealkylation sites (N-methyl/N-ethyl adjacent to an activating group) is 1. The van der Waals surface area contributed by atoms with E-state index in [2.05, 4.69) is 9.88 Å². The molecule has 0 saturated carbocycles. The smallest absolute Gasteiger partial charge is 0.129 e. The van der Waals surface area contributed by atoms with Crippen molar-refractivity contribution in [1.82, 2.24) is 9.88 Å². The van der Waals surface area contributed by atoms with Crippen LogP contribution in [0.2, 0.25) is 0 Å². The second kappa shape index (κ2) is 4.03. The van der Waals surface area contributed by atoms with Gasteiger partial charge < -0.3 is 15.7 Å². The normalized spacial score (nSPS) is 26.9. The number of piperidine rings is 1. The molecule has 1 saturated heterocycles. The summed E-state index contributed by atoms with van der Waals surface area (Å²) in [5, 5.41) is 10.7. The minimum atomic E-state index is -0.838. The van der Waals surface area contributed by atoms with Crippen molar-refractivity contribution in [3.05, 3.63) is 23.4 Å². The average molecular weight is 221 g/mol. The maximum Gasteiger partial charge on any atom is 0.129 e. The second-order valence-electron chi connectivity index (χ2n) is 4.76. The van der Waals surface area contributed by atoms with Crippen LogP contribution in [0.15, 0.2) is 12.3 Å². The van der Waals surface area contributed by atoms with Gasteiger partial charge in [-0.05, 0) is 45.0 Å². The predicted octanol–water partition coefficient (Wildman–Crippen LogP) is 0.885. The lowest BCUT2D eigenvalue weighted by molar-refractivity contribution is -0.0278. The monoisotopic (exact) mass is 221 g/mol. The van der Waals surface area contributed by atoms with E-state index in [0.717, 1.165) is 30.5 Å². The van der Waals surface area contributed by atoms with Gasteiger partial charge in [-0.15, -0.1) is 0 Å². The van der Waals surface area contributed by atoms with Crippen LogP contribution < -0.4 is 5.73 Å². The molecule has 88 valence electrons. The Morgan fingerprint density at radius 1 is 1.56 bits per heavy atom. The Hall–Kier alpha value is -1.13. The fourth-order valence-corrected chi connectivity index (χ4v) is 2.63. The number of aryl methyl sites for hydroxylation is 1.